The fraction of sp³-hybridized carbons (Fsp3) is 0.318. The van der Waals surface area contributed by atoms with E-state index in [0.717, 1.165) is 16.8 Å². The molecule has 2 aromatic heterocycles. The molecule has 3 atom stereocenters. The van der Waals surface area contributed by atoms with Gasteiger partial charge in [-0.3, -0.25) is 15.6 Å². The van der Waals surface area contributed by atoms with Crippen molar-refractivity contribution in [2.75, 3.05) is 0 Å². The van der Waals surface area contributed by atoms with E-state index in [1.165, 1.54) is 25.7 Å². The first-order chi connectivity index (χ1) is 14.2. The van der Waals surface area contributed by atoms with Crippen LogP contribution in [-0.2, 0) is 0 Å². The Morgan fingerprint density at radius 1 is 1.10 bits per heavy atom. The lowest BCUT2D eigenvalue weighted by Gasteiger charge is -2.24. The molecule has 3 aromatic rings. The third-order valence-electron chi connectivity index (χ3n) is 6.08. The molecule has 3 N–H and O–H groups in total. The highest BCUT2D eigenvalue weighted by molar-refractivity contribution is 7.80. The van der Waals surface area contributed by atoms with Crippen LogP contribution in [0.2, 0.25) is 0 Å². The van der Waals surface area contributed by atoms with Crippen molar-refractivity contribution in [3.8, 4) is 11.5 Å². The number of benzene rings is 1. The summed E-state index contributed by atoms with van der Waals surface area (Å²) in [6.45, 7) is 0. The fourth-order valence-corrected chi connectivity index (χ4v) is 4.92. The van der Waals surface area contributed by atoms with Gasteiger partial charge in [0.25, 0.3) is 5.91 Å². The van der Waals surface area contributed by atoms with Gasteiger partial charge >= 0.3 is 0 Å². The maximum absolute atomic E-state index is 12.9. The molecule has 2 bridgehead atoms. The molecule has 2 heterocycles. The number of para-hydroxylation sites is 1. The number of amides is 1. The topological polar surface area (TPSA) is 79.2 Å². The largest absolute Gasteiger partial charge is 0.463 e. The van der Waals surface area contributed by atoms with Crippen LogP contribution in [0.4, 0.5) is 0 Å². The van der Waals surface area contributed by atoms with Gasteiger partial charge in [0, 0.05) is 11.4 Å². The maximum Gasteiger partial charge on any atom is 0.270 e. The highest BCUT2D eigenvalue weighted by Crippen LogP contribution is 2.44. The number of carbonyl (C=O) groups is 1. The second kappa shape index (κ2) is 7.48. The lowest BCUT2D eigenvalue weighted by Crippen LogP contribution is -2.50. The molecule has 2 fully saturated rings. The minimum atomic E-state index is -0.270. The molecule has 2 aliphatic carbocycles. The Labute approximate surface area is 174 Å². The van der Waals surface area contributed by atoms with Crippen LogP contribution in [-0.4, -0.2) is 22.0 Å². The van der Waals surface area contributed by atoms with Crippen molar-refractivity contribution in [2.45, 2.75) is 31.7 Å². The van der Waals surface area contributed by atoms with Crippen molar-refractivity contribution >= 4 is 34.1 Å². The Hall–Kier alpha value is -2.93. The predicted octanol–water partition coefficient (Wildman–Crippen LogP) is 3.79. The van der Waals surface area contributed by atoms with Crippen molar-refractivity contribution in [2.24, 2.45) is 11.8 Å². The number of nitrogens with zero attached hydrogens (tertiary/aromatic N) is 1. The molecule has 0 radical (unpaired) electrons. The highest BCUT2D eigenvalue weighted by atomic mass is 32.1. The second-order valence-corrected chi connectivity index (χ2v) is 8.29. The zero-order chi connectivity index (χ0) is 19.8. The van der Waals surface area contributed by atoms with Crippen molar-refractivity contribution in [3.63, 3.8) is 0 Å². The third kappa shape index (κ3) is 3.58. The van der Waals surface area contributed by atoms with E-state index in [2.05, 4.69) is 21.2 Å². The summed E-state index contributed by atoms with van der Waals surface area (Å²) in [5.74, 6) is 1.88. The number of fused-ring (bicyclic) bond motifs is 3. The zero-order valence-electron chi connectivity index (χ0n) is 15.9. The van der Waals surface area contributed by atoms with Gasteiger partial charge in [-0.25, -0.2) is 4.98 Å². The Bertz CT molecular complexity index is 1070. The molecule has 2 aliphatic rings. The van der Waals surface area contributed by atoms with E-state index in [4.69, 9.17) is 16.6 Å². The van der Waals surface area contributed by atoms with Crippen molar-refractivity contribution < 1.29 is 9.21 Å². The van der Waals surface area contributed by atoms with E-state index in [-0.39, 0.29) is 5.91 Å². The number of hydrogen-bond donors (Lipinski definition) is 3. The molecule has 148 valence electrons. The summed E-state index contributed by atoms with van der Waals surface area (Å²) in [5, 5.41) is 4.60. The van der Waals surface area contributed by atoms with Crippen molar-refractivity contribution in [1.82, 2.24) is 21.2 Å². The van der Waals surface area contributed by atoms with Crippen molar-refractivity contribution in [3.05, 3.63) is 54.3 Å². The van der Waals surface area contributed by atoms with Crippen LogP contribution >= 0.6 is 12.2 Å². The minimum absolute atomic E-state index is 0.270. The number of furan rings is 1. The minimum Gasteiger partial charge on any atom is -0.463 e. The molecule has 6 nitrogen and oxygen atoms in total. The van der Waals surface area contributed by atoms with Crippen LogP contribution in [0.3, 0.4) is 0 Å². The van der Waals surface area contributed by atoms with Gasteiger partial charge in [-0.2, -0.15) is 0 Å². The Balaban J connectivity index is 1.32. The molecule has 5 rings (SSSR count). The van der Waals surface area contributed by atoms with Crippen LogP contribution in [0, 0.1) is 11.8 Å². The average molecular weight is 407 g/mol. The maximum atomic E-state index is 12.9. The number of rotatable bonds is 3. The SMILES string of the molecule is O=C(NNC(=S)N[C@@H]1C[C@H]2CC[C@@H]1C2)c1cc(-c2ccco2)nc2ccccc12. The van der Waals surface area contributed by atoms with E-state index in [9.17, 15) is 4.79 Å². The molecule has 7 heteroatoms. The van der Waals surface area contributed by atoms with Gasteiger partial charge in [0.2, 0.25) is 0 Å². The molecular formula is C22H22N4O2S. The van der Waals surface area contributed by atoms with Crippen LogP contribution in [0.15, 0.2) is 53.1 Å². The summed E-state index contributed by atoms with van der Waals surface area (Å²) in [7, 11) is 0. The fourth-order valence-electron chi connectivity index (χ4n) is 4.72. The van der Waals surface area contributed by atoms with Crippen molar-refractivity contribution in [1.29, 1.82) is 0 Å². The Morgan fingerprint density at radius 2 is 2.00 bits per heavy atom. The van der Waals surface area contributed by atoms with E-state index >= 15 is 0 Å². The number of aromatic nitrogens is 1. The molecule has 0 spiro atoms. The second-order valence-electron chi connectivity index (χ2n) is 7.88. The summed E-state index contributed by atoms with van der Waals surface area (Å²) in [6.07, 6.45) is 6.67. The van der Waals surface area contributed by atoms with Gasteiger partial charge in [-0.15, -0.1) is 0 Å². The summed E-state index contributed by atoms with van der Waals surface area (Å²) in [4.78, 5) is 17.5. The summed E-state index contributed by atoms with van der Waals surface area (Å²) < 4.78 is 5.46. The van der Waals surface area contributed by atoms with E-state index < -0.39 is 0 Å². The number of hydrogen-bond acceptors (Lipinski definition) is 4. The quantitative estimate of drug-likeness (QED) is 0.454. The molecule has 1 aromatic carbocycles. The first kappa shape index (κ1) is 18.1. The Kier molecular flexibility index (Phi) is 4.67. The van der Waals surface area contributed by atoms with Gasteiger partial charge < -0.3 is 9.73 Å². The normalized spacial score (nSPS) is 22.6. The predicted molar refractivity (Wildman–Crippen MR) is 115 cm³/mol. The first-order valence-electron chi connectivity index (χ1n) is 9.98. The molecular weight excluding hydrogens is 384 g/mol. The first-order valence-corrected chi connectivity index (χ1v) is 10.4. The smallest absolute Gasteiger partial charge is 0.270 e. The number of nitrogens with one attached hydrogen (secondary N) is 3. The lowest BCUT2D eigenvalue weighted by atomic mass is 9.96. The van der Waals surface area contributed by atoms with Gasteiger partial charge in [-0.05, 0) is 67.6 Å². The zero-order valence-corrected chi connectivity index (χ0v) is 16.7. The van der Waals surface area contributed by atoms with E-state index in [1.807, 2.05) is 30.3 Å². The number of hydrazine groups is 1. The molecule has 0 unspecified atom stereocenters. The van der Waals surface area contributed by atoms with Crippen LogP contribution in [0.1, 0.15) is 36.0 Å². The molecule has 0 saturated heterocycles. The third-order valence-corrected chi connectivity index (χ3v) is 6.30. The van der Waals surface area contributed by atoms with Crippen LogP contribution < -0.4 is 16.2 Å². The van der Waals surface area contributed by atoms with Gasteiger partial charge in [0.15, 0.2) is 10.9 Å². The molecule has 29 heavy (non-hydrogen) atoms. The average Bonchev–Trinajstić information content (AvgIpc) is 3.49. The van der Waals surface area contributed by atoms with Gasteiger partial charge in [0.1, 0.15) is 5.69 Å². The summed E-state index contributed by atoms with van der Waals surface area (Å²) in [6, 6.07) is 13.3. The van der Waals surface area contributed by atoms with Gasteiger partial charge in [-0.1, -0.05) is 24.6 Å². The van der Waals surface area contributed by atoms with E-state index in [1.54, 1.807) is 18.4 Å². The standard InChI is InChI=1S/C22H22N4O2S/c27-21(25-26-22(29)24-18-11-13-7-8-14(18)10-13)16-12-19(20-6-3-9-28-20)23-17-5-2-1-4-15(16)17/h1-6,9,12-14,18H,7-8,10-11H2,(H,25,27)(H2,24,26,29)/t13-,14+,18+/m0/s1. The molecule has 2 saturated carbocycles. The number of carbonyl (C=O) groups excluding carboxylic acids is 1. The van der Waals surface area contributed by atoms with Gasteiger partial charge in [0.05, 0.1) is 17.3 Å². The highest BCUT2D eigenvalue weighted by Gasteiger charge is 2.39. The number of thiocarbonyl (C=S) groups is 1. The molecule has 0 aliphatic heterocycles. The van der Waals surface area contributed by atoms with E-state index in [0.29, 0.717) is 34.1 Å². The number of pyridine rings is 1. The summed E-state index contributed by atoms with van der Waals surface area (Å²) >= 11 is 5.40. The molecule has 1 amide bonds. The lowest BCUT2D eigenvalue weighted by molar-refractivity contribution is 0.0945. The van der Waals surface area contributed by atoms with Crippen LogP contribution in [0.5, 0.6) is 0 Å². The Morgan fingerprint density at radius 3 is 2.76 bits per heavy atom. The van der Waals surface area contributed by atoms with Crippen LogP contribution in [0.25, 0.3) is 22.4 Å². The summed E-state index contributed by atoms with van der Waals surface area (Å²) in [5.41, 5.74) is 7.45. The monoisotopic (exact) mass is 406 g/mol.